The summed E-state index contributed by atoms with van der Waals surface area (Å²) in [6.45, 7) is 3.12. The number of benzene rings is 2. The Bertz CT molecular complexity index is 1550. The molecule has 216 valence electrons. The largest absolute Gasteiger partial charge is 0.491 e. The Balaban J connectivity index is 1.09. The number of ether oxygens (including phenoxy) is 2. The summed E-state index contributed by atoms with van der Waals surface area (Å²) in [5.74, 6) is 0.392. The average molecular weight is 590 g/mol. The van der Waals surface area contributed by atoms with Crippen LogP contribution in [0, 0.1) is 0 Å². The third kappa shape index (κ3) is 6.32. The number of nitrogens with zero attached hydrogens (tertiary/aromatic N) is 2. The van der Waals surface area contributed by atoms with Crippen LogP contribution < -0.4 is 10.1 Å². The number of fused-ring (bicyclic) bond motifs is 1. The molecule has 2 atom stereocenters. The quantitative estimate of drug-likeness (QED) is 0.365. The van der Waals surface area contributed by atoms with E-state index < -0.39 is 26.0 Å². The highest BCUT2D eigenvalue weighted by Gasteiger charge is 2.44. The monoisotopic (exact) mass is 589 g/mol. The van der Waals surface area contributed by atoms with Gasteiger partial charge in [-0.25, -0.2) is 16.8 Å². The second kappa shape index (κ2) is 11.7. The lowest BCUT2D eigenvalue weighted by Crippen LogP contribution is -2.47. The summed E-state index contributed by atoms with van der Waals surface area (Å²) in [6.07, 6.45) is 2.81. The van der Waals surface area contributed by atoms with Gasteiger partial charge in [0.25, 0.3) is 0 Å². The van der Waals surface area contributed by atoms with Crippen molar-refractivity contribution in [2.45, 2.75) is 53.7 Å². The van der Waals surface area contributed by atoms with Crippen LogP contribution in [0.4, 0.5) is 0 Å². The van der Waals surface area contributed by atoms with Crippen LogP contribution in [0.2, 0.25) is 0 Å². The van der Waals surface area contributed by atoms with Gasteiger partial charge < -0.3 is 19.9 Å². The number of rotatable bonds is 10. The van der Waals surface area contributed by atoms with E-state index in [1.165, 1.54) is 16.4 Å². The van der Waals surface area contributed by atoms with Crippen LogP contribution in [0.1, 0.15) is 26.2 Å². The second-order valence-corrected chi connectivity index (χ2v) is 14.6. The molecular formula is C28H35N3O7S2. The molecule has 2 aliphatic rings. The highest BCUT2D eigenvalue weighted by atomic mass is 32.2. The number of sulfonamides is 1. The van der Waals surface area contributed by atoms with Crippen molar-refractivity contribution in [1.82, 2.24) is 14.6 Å². The number of nitrogens with one attached hydrogen (secondary N) is 1. The van der Waals surface area contributed by atoms with Crippen molar-refractivity contribution < 1.29 is 31.4 Å². The van der Waals surface area contributed by atoms with E-state index in [-0.39, 0.29) is 40.3 Å². The fourth-order valence-corrected chi connectivity index (χ4v) is 7.69. The van der Waals surface area contributed by atoms with Crippen molar-refractivity contribution in [3.05, 3.63) is 60.8 Å². The zero-order valence-electron chi connectivity index (χ0n) is 22.4. The van der Waals surface area contributed by atoms with E-state index in [0.717, 1.165) is 17.3 Å². The van der Waals surface area contributed by atoms with E-state index in [0.29, 0.717) is 38.3 Å². The minimum Gasteiger partial charge on any atom is -0.491 e. The summed E-state index contributed by atoms with van der Waals surface area (Å²) in [5, 5.41) is 14.5. The van der Waals surface area contributed by atoms with Gasteiger partial charge in [-0.1, -0.05) is 19.1 Å². The van der Waals surface area contributed by atoms with E-state index in [4.69, 9.17) is 9.47 Å². The molecule has 0 amide bonds. The molecule has 2 aromatic carbocycles. The molecule has 0 aliphatic carbocycles. The average Bonchev–Trinajstić information content (AvgIpc) is 3.37. The van der Waals surface area contributed by atoms with E-state index in [1.54, 1.807) is 49.5 Å². The Hall–Kier alpha value is -2.61. The molecule has 0 unspecified atom stereocenters. The van der Waals surface area contributed by atoms with Crippen LogP contribution >= 0.6 is 0 Å². The molecule has 1 spiro atoms. The van der Waals surface area contributed by atoms with Gasteiger partial charge in [0.2, 0.25) is 10.0 Å². The second-order valence-electron chi connectivity index (χ2n) is 10.4. The van der Waals surface area contributed by atoms with E-state index in [9.17, 15) is 21.9 Å². The van der Waals surface area contributed by atoms with Gasteiger partial charge in [0, 0.05) is 37.3 Å². The molecule has 10 nitrogen and oxygen atoms in total. The molecule has 0 radical (unpaired) electrons. The molecule has 3 heterocycles. The van der Waals surface area contributed by atoms with E-state index >= 15 is 0 Å². The normalized spacial score (nSPS) is 20.6. The van der Waals surface area contributed by atoms with Crippen LogP contribution in [-0.2, 0) is 24.6 Å². The summed E-state index contributed by atoms with van der Waals surface area (Å²) in [7, 11) is -6.96. The molecule has 12 heteroatoms. The van der Waals surface area contributed by atoms with Crippen molar-refractivity contribution >= 4 is 30.8 Å². The number of piperidine rings is 1. The maximum Gasteiger partial charge on any atom is 0.243 e. The van der Waals surface area contributed by atoms with Gasteiger partial charge in [-0.05, 0) is 61.7 Å². The molecule has 0 bridgehead atoms. The van der Waals surface area contributed by atoms with Crippen molar-refractivity contribution in [3.63, 3.8) is 0 Å². The fraction of sp³-hybridized carbons (Fsp3) is 0.464. The number of pyridine rings is 1. The maximum atomic E-state index is 13.3. The van der Waals surface area contributed by atoms with Crippen LogP contribution in [0.15, 0.2) is 70.6 Å². The van der Waals surface area contributed by atoms with Crippen LogP contribution in [-0.4, -0.2) is 87.6 Å². The Morgan fingerprint density at radius 1 is 1.10 bits per heavy atom. The third-order valence-corrected chi connectivity index (χ3v) is 11.3. The van der Waals surface area contributed by atoms with Gasteiger partial charge in [0.1, 0.15) is 18.5 Å². The molecular weight excluding hydrogens is 554 g/mol. The molecule has 2 fully saturated rings. The first-order valence-electron chi connectivity index (χ1n) is 13.5. The van der Waals surface area contributed by atoms with Crippen molar-refractivity contribution in [3.8, 4) is 5.75 Å². The third-order valence-electron chi connectivity index (χ3n) is 7.68. The molecule has 2 aliphatic heterocycles. The molecule has 2 saturated heterocycles. The molecule has 5 rings (SSSR count). The molecule has 3 aromatic rings. The first-order valence-corrected chi connectivity index (χ1v) is 16.6. The maximum absolute atomic E-state index is 13.3. The Morgan fingerprint density at radius 2 is 1.90 bits per heavy atom. The predicted molar refractivity (Wildman–Crippen MR) is 150 cm³/mol. The first-order chi connectivity index (χ1) is 19.1. The van der Waals surface area contributed by atoms with Gasteiger partial charge in [0.15, 0.2) is 9.84 Å². The van der Waals surface area contributed by atoms with E-state index in [1.807, 2.05) is 6.07 Å². The van der Waals surface area contributed by atoms with Crippen LogP contribution in [0.3, 0.4) is 0 Å². The summed E-state index contributed by atoms with van der Waals surface area (Å²) in [5.41, 5.74) is 0.370. The molecule has 2 N–H and O–H groups in total. The van der Waals surface area contributed by atoms with Crippen LogP contribution in [0.5, 0.6) is 5.75 Å². The minimum atomic E-state index is -3.62. The van der Waals surface area contributed by atoms with E-state index in [2.05, 4.69) is 10.3 Å². The Morgan fingerprint density at radius 3 is 2.67 bits per heavy atom. The predicted octanol–water partition coefficient (Wildman–Crippen LogP) is 2.37. The molecule has 0 saturated carbocycles. The molecule has 1 aromatic heterocycles. The van der Waals surface area contributed by atoms with Gasteiger partial charge >= 0.3 is 0 Å². The zero-order valence-corrected chi connectivity index (χ0v) is 24.0. The number of sulfone groups is 1. The zero-order chi connectivity index (χ0) is 28.4. The summed E-state index contributed by atoms with van der Waals surface area (Å²) in [4.78, 5) is 4.73. The summed E-state index contributed by atoms with van der Waals surface area (Å²) < 4.78 is 64.1. The van der Waals surface area contributed by atoms with Gasteiger partial charge in [-0.15, -0.1) is 0 Å². The van der Waals surface area contributed by atoms with Gasteiger partial charge in [-0.3, -0.25) is 4.98 Å². The van der Waals surface area contributed by atoms with Crippen molar-refractivity contribution in [2.75, 3.05) is 38.6 Å². The number of aromatic nitrogens is 1. The first kappa shape index (κ1) is 28.9. The minimum absolute atomic E-state index is 0.00413. The topological polar surface area (TPSA) is 135 Å². The Labute approximate surface area is 235 Å². The number of hydrogen-bond acceptors (Lipinski definition) is 9. The highest BCUT2D eigenvalue weighted by Crippen LogP contribution is 2.37. The lowest BCUT2D eigenvalue weighted by molar-refractivity contribution is -0.0312. The van der Waals surface area contributed by atoms with Crippen molar-refractivity contribution in [2.24, 2.45) is 0 Å². The van der Waals surface area contributed by atoms with Gasteiger partial charge in [-0.2, -0.15) is 4.31 Å². The summed E-state index contributed by atoms with van der Waals surface area (Å²) >= 11 is 0. The highest BCUT2D eigenvalue weighted by molar-refractivity contribution is 7.91. The SMILES string of the molecule is CCS(=O)(=O)c1cccc(OC[C@@H](O)CN[C@H]2COC3(CCN(S(=O)(=O)c4ccc5ncccc5c4)CC3)C2)c1. The fourth-order valence-electron chi connectivity index (χ4n) is 5.30. The smallest absolute Gasteiger partial charge is 0.243 e. The lowest BCUT2D eigenvalue weighted by atomic mass is 9.88. The summed E-state index contributed by atoms with van der Waals surface area (Å²) in [6, 6.07) is 15.0. The lowest BCUT2D eigenvalue weighted by Gasteiger charge is -2.38. The standard InChI is InChI=1S/C28H35N3O7S2/c1-2-39(33,34)25-7-3-6-24(16-25)37-20-23(32)18-30-22-17-28(38-19-22)10-13-31(14-11-28)40(35,36)26-8-9-27-21(15-26)5-4-12-29-27/h3-9,12,15-16,22-23,30,32H,2,10-11,13-14,17-20H2,1H3/t22-,23+/m1/s1. The van der Waals surface area contributed by atoms with Gasteiger partial charge in [0.05, 0.1) is 33.3 Å². The Kier molecular flexibility index (Phi) is 8.46. The number of aliphatic hydroxyl groups excluding tert-OH is 1. The number of hydrogen-bond donors (Lipinski definition) is 2. The van der Waals surface area contributed by atoms with Crippen molar-refractivity contribution in [1.29, 1.82) is 0 Å². The molecule has 40 heavy (non-hydrogen) atoms. The van der Waals surface area contributed by atoms with Crippen LogP contribution in [0.25, 0.3) is 10.9 Å². The number of aliphatic hydroxyl groups is 1.